The molecule has 1 amide bonds. The SMILES string of the molecule is C[C@@H](NC(=O)C1CCC(NS(=O)(=O)c2ccc(-c3cocn3)cc2)CC1)c1ccc(F)cc1. The summed E-state index contributed by atoms with van der Waals surface area (Å²) in [7, 11) is -3.67. The number of nitrogens with one attached hydrogen (secondary N) is 2. The number of aromatic nitrogens is 1. The van der Waals surface area contributed by atoms with E-state index in [-0.39, 0.29) is 34.6 Å². The van der Waals surface area contributed by atoms with Gasteiger partial charge in [-0.25, -0.2) is 22.5 Å². The molecule has 1 fully saturated rings. The Kier molecular flexibility index (Phi) is 6.90. The highest BCUT2D eigenvalue weighted by Gasteiger charge is 2.29. The second-order valence-corrected chi connectivity index (χ2v) is 10.1. The lowest BCUT2D eigenvalue weighted by molar-refractivity contribution is -0.126. The normalized spacial score (nSPS) is 19.7. The number of sulfonamides is 1. The molecule has 1 atom stereocenters. The second kappa shape index (κ2) is 9.84. The predicted octanol–water partition coefficient (Wildman–Crippen LogP) is 4.20. The van der Waals surface area contributed by atoms with Crippen LogP contribution >= 0.6 is 0 Å². The second-order valence-electron chi connectivity index (χ2n) is 8.35. The van der Waals surface area contributed by atoms with Gasteiger partial charge in [-0.3, -0.25) is 4.79 Å². The molecule has 3 aromatic rings. The molecule has 2 aromatic carbocycles. The van der Waals surface area contributed by atoms with E-state index in [4.69, 9.17) is 4.42 Å². The van der Waals surface area contributed by atoms with Crippen molar-refractivity contribution in [3.05, 3.63) is 72.6 Å². The van der Waals surface area contributed by atoms with Crippen LogP contribution in [0.4, 0.5) is 4.39 Å². The van der Waals surface area contributed by atoms with Gasteiger partial charge >= 0.3 is 0 Å². The van der Waals surface area contributed by atoms with Crippen LogP contribution in [0.2, 0.25) is 0 Å². The highest BCUT2D eigenvalue weighted by Crippen LogP contribution is 2.27. The molecule has 9 heteroatoms. The van der Waals surface area contributed by atoms with Crippen molar-refractivity contribution in [3.63, 3.8) is 0 Å². The van der Waals surface area contributed by atoms with E-state index < -0.39 is 10.0 Å². The molecule has 174 valence electrons. The predicted molar refractivity (Wildman–Crippen MR) is 121 cm³/mol. The standard InChI is InChI=1S/C24H26FN3O4S/c1-16(17-2-8-20(25)9-3-17)27-24(29)19-4-10-21(11-5-19)28-33(30,31)22-12-6-18(7-13-22)23-14-32-15-26-23/h2-3,6-9,12-16,19,21,28H,4-5,10-11H2,1H3,(H,27,29)/t16-,19?,21?/m1/s1. The van der Waals surface area contributed by atoms with Gasteiger partial charge in [0, 0.05) is 17.5 Å². The van der Waals surface area contributed by atoms with Crippen molar-refractivity contribution in [2.24, 2.45) is 5.92 Å². The largest absolute Gasteiger partial charge is 0.451 e. The van der Waals surface area contributed by atoms with Crippen LogP contribution in [0.25, 0.3) is 11.3 Å². The van der Waals surface area contributed by atoms with Crippen LogP contribution in [0.15, 0.2) is 70.5 Å². The summed E-state index contributed by atoms with van der Waals surface area (Å²) in [6, 6.07) is 12.1. The number of rotatable bonds is 7. The van der Waals surface area contributed by atoms with Crippen LogP contribution in [0.3, 0.4) is 0 Å². The first-order valence-corrected chi connectivity index (χ1v) is 12.4. The average Bonchev–Trinajstić information content (AvgIpc) is 3.35. The molecule has 0 unspecified atom stereocenters. The minimum atomic E-state index is -3.67. The van der Waals surface area contributed by atoms with Crippen LogP contribution in [0.1, 0.15) is 44.2 Å². The van der Waals surface area contributed by atoms with Gasteiger partial charge in [0.05, 0.1) is 10.9 Å². The van der Waals surface area contributed by atoms with Gasteiger partial charge in [-0.1, -0.05) is 24.3 Å². The molecule has 0 saturated heterocycles. The molecule has 0 radical (unpaired) electrons. The number of nitrogens with zero attached hydrogens (tertiary/aromatic N) is 1. The zero-order chi connectivity index (χ0) is 23.4. The maximum Gasteiger partial charge on any atom is 0.240 e. The number of hydrogen-bond donors (Lipinski definition) is 2. The number of amides is 1. The van der Waals surface area contributed by atoms with Crippen LogP contribution in [-0.2, 0) is 14.8 Å². The molecule has 1 heterocycles. The monoisotopic (exact) mass is 471 g/mol. The summed E-state index contributed by atoms with van der Waals surface area (Å²) in [5.74, 6) is -0.545. The number of carbonyl (C=O) groups is 1. The van der Waals surface area contributed by atoms with Crippen molar-refractivity contribution in [2.45, 2.75) is 49.6 Å². The molecular weight excluding hydrogens is 445 g/mol. The van der Waals surface area contributed by atoms with Gasteiger partial charge in [-0.05, 0) is 62.4 Å². The lowest BCUT2D eigenvalue weighted by Gasteiger charge is -2.29. The molecule has 7 nitrogen and oxygen atoms in total. The Balaban J connectivity index is 1.29. The van der Waals surface area contributed by atoms with Crippen molar-refractivity contribution in [3.8, 4) is 11.3 Å². The van der Waals surface area contributed by atoms with Gasteiger partial charge in [0.2, 0.25) is 15.9 Å². The number of carbonyl (C=O) groups excluding carboxylic acids is 1. The van der Waals surface area contributed by atoms with Gasteiger partial charge in [-0.15, -0.1) is 0 Å². The smallest absolute Gasteiger partial charge is 0.240 e. The van der Waals surface area contributed by atoms with Crippen molar-refractivity contribution in [2.75, 3.05) is 0 Å². The quantitative estimate of drug-likeness (QED) is 0.538. The molecule has 1 aliphatic rings. The minimum absolute atomic E-state index is 0.0587. The Bertz CT molecular complexity index is 1170. The molecule has 0 spiro atoms. The molecule has 1 saturated carbocycles. The fourth-order valence-corrected chi connectivity index (χ4v) is 5.39. The summed E-state index contributed by atoms with van der Waals surface area (Å²) < 4.78 is 46.4. The minimum Gasteiger partial charge on any atom is -0.451 e. The fourth-order valence-electron chi connectivity index (χ4n) is 4.09. The Morgan fingerprint density at radius 2 is 1.73 bits per heavy atom. The van der Waals surface area contributed by atoms with E-state index in [2.05, 4.69) is 15.0 Å². The number of oxazole rings is 1. The van der Waals surface area contributed by atoms with Gasteiger partial charge < -0.3 is 9.73 Å². The van der Waals surface area contributed by atoms with Crippen LogP contribution in [0, 0.1) is 11.7 Å². The Labute approximate surface area is 192 Å². The third kappa shape index (κ3) is 5.66. The first kappa shape index (κ1) is 23.1. The van der Waals surface area contributed by atoms with E-state index >= 15 is 0 Å². The first-order chi connectivity index (χ1) is 15.8. The Morgan fingerprint density at radius 1 is 1.06 bits per heavy atom. The topological polar surface area (TPSA) is 101 Å². The maximum absolute atomic E-state index is 13.1. The molecule has 4 rings (SSSR count). The highest BCUT2D eigenvalue weighted by atomic mass is 32.2. The average molecular weight is 472 g/mol. The molecule has 1 aliphatic carbocycles. The van der Waals surface area contributed by atoms with Crippen LogP contribution in [-0.4, -0.2) is 25.4 Å². The van der Waals surface area contributed by atoms with E-state index in [1.807, 2.05) is 6.92 Å². The van der Waals surface area contributed by atoms with E-state index in [1.165, 1.54) is 24.8 Å². The summed E-state index contributed by atoms with van der Waals surface area (Å²) in [6.07, 6.45) is 5.18. The van der Waals surface area contributed by atoms with Crippen molar-refractivity contribution in [1.29, 1.82) is 0 Å². The molecule has 0 aliphatic heterocycles. The van der Waals surface area contributed by atoms with E-state index in [0.29, 0.717) is 31.4 Å². The third-order valence-electron chi connectivity index (χ3n) is 6.04. The molecular formula is C24H26FN3O4S. The number of benzene rings is 2. The van der Waals surface area contributed by atoms with Crippen LogP contribution < -0.4 is 10.0 Å². The number of hydrogen-bond acceptors (Lipinski definition) is 5. The molecule has 2 N–H and O–H groups in total. The van der Waals surface area contributed by atoms with Gasteiger partial charge in [0.1, 0.15) is 17.8 Å². The van der Waals surface area contributed by atoms with Gasteiger partial charge in [0.25, 0.3) is 0 Å². The van der Waals surface area contributed by atoms with Crippen molar-refractivity contribution in [1.82, 2.24) is 15.0 Å². The van der Waals surface area contributed by atoms with Gasteiger partial charge in [-0.2, -0.15) is 0 Å². The zero-order valence-electron chi connectivity index (χ0n) is 18.2. The summed E-state index contributed by atoms with van der Waals surface area (Å²) in [5.41, 5.74) is 2.24. The van der Waals surface area contributed by atoms with Crippen molar-refractivity contribution < 1.29 is 22.0 Å². The fraction of sp³-hybridized carbons (Fsp3) is 0.333. The lowest BCUT2D eigenvalue weighted by Crippen LogP contribution is -2.41. The molecule has 1 aromatic heterocycles. The molecule has 0 bridgehead atoms. The third-order valence-corrected chi connectivity index (χ3v) is 7.58. The maximum atomic E-state index is 13.1. The summed E-state index contributed by atoms with van der Waals surface area (Å²) in [4.78, 5) is 16.9. The lowest BCUT2D eigenvalue weighted by atomic mass is 9.85. The first-order valence-electron chi connectivity index (χ1n) is 10.9. The Morgan fingerprint density at radius 3 is 2.33 bits per heavy atom. The highest BCUT2D eigenvalue weighted by molar-refractivity contribution is 7.89. The van der Waals surface area contributed by atoms with E-state index in [0.717, 1.165) is 11.1 Å². The summed E-state index contributed by atoms with van der Waals surface area (Å²) in [5, 5.41) is 2.98. The van der Waals surface area contributed by atoms with E-state index in [9.17, 15) is 17.6 Å². The number of halogens is 1. The summed E-state index contributed by atoms with van der Waals surface area (Å²) in [6.45, 7) is 1.86. The molecule has 33 heavy (non-hydrogen) atoms. The van der Waals surface area contributed by atoms with Gasteiger partial charge in [0.15, 0.2) is 6.39 Å². The zero-order valence-corrected chi connectivity index (χ0v) is 19.0. The van der Waals surface area contributed by atoms with Crippen LogP contribution in [0.5, 0.6) is 0 Å². The Hall–Kier alpha value is -3.04. The van der Waals surface area contributed by atoms with Crippen molar-refractivity contribution >= 4 is 15.9 Å². The van der Waals surface area contributed by atoms with E-state index in [1.54, 1.807) is 36.4 Å². The summed E-state index contributed by atoms with van der Waals surface area (Å²) >= 11 is 0.